The van der Waals surface area contributed by atoms with Gasteiger partial charge in [0.2, 0.25) is 0 Å². The Morgan fingerprint density at radius 3 is 2.37 bits per heavy atom. The van der Waals surface area contributed by atoms with Crippen LogP contribution in [0.5, 0.6) is 5.75 Å². The molecule has 0 saturated heterocycles. The van der Waals surface area contributed by atoms with Gasteiger partial charge < -0.3 is 14.4 Å². The van der Waals surface area contributed by atoms with Gasteiger partial charge >= 0.3 is 16.1 Å². The lowest BCUT2D eigenvalue weighted by Gasteiger charge is -2.29. The molecule has 0 aromatic heterocycles. The minimum absolute atomic E-state index is 0.0799. The van der Waals surface area contributed by atoms with Crippen LogP contribution >= 0.6 is 0 Å². The molecule has 0 aliphatic rings. The van der Waals surface area contributed by atoms with Crippen molar-refractivity contribution in [3.05, 3.63) is 59.9 Å². The third-order valence-electron chi connectivity index (χ3n) is 4.02. The molecule has 1 N–H and O–H groups in total. The maximum atomic E-state index is 13.8. The monoisotopic (exact) mass is 394 g/mol. The maximum Gasteiger partial charge on any atom is 0.322 e. The summed E-state index contributed by atoms with van der Waals surface area (Å²) >= 11 is 0. The molecule has 0 saturated carbocycles. The first-order chi connectivity index (χ1) is 12.7. The van der Waals surface area contributed by atoms with Crippen molar-refractivity contribution in [2.24, 2.45) is 0 Å². The van der Waals surface area contributed by atoms with E-state index in [-0.39, 0.29) is 24.0 Å². The summed E-state index contributed by atoms with van der Waals surface area (Å²) in [5.74, 6) is -0.302. The van der Waals surface area contributed by atoms with Gasteiger partial charge in [-0.3, -0.25) is 0 Å². The Balaban J connectivity index is 2.14. The first-order valence-corrected chi connectivity index (χ1v) is 10.3. The van der Waals surface area contributed by atoms with Crippen LogP contribution in [0.25, 0.3) is 0 Å². The second kappa shape index (κ2) is 8.85. The van der Waals surface area contributed by atoms with Crippen LogP contribution in [0.3, 0.4) is 0 Å². The molecule has 1 unspecified atom stereocenters. The normalized spacial score (nSPS) is 12.3. The minimum Gasteiger partial charge on any atom is -0.383 e. The molecule has 0 aliphatic carbocycles. The Bertz CT molecular complexity index is 885. The number of rotatable bonds is 7. The van der Waals surface area contributed by atoms with Crippen LogP contribution in [0, 0.1) is 5.82 Å². The molecule has 27 heavy (non-hydrogen) atoms. The largest absolute Gasteiger partial charge is 0.383 e. The van der Waals surface area contributed by atoms with Gasteiger partial charge in [0.05, 0.1) is 11.9 Å². The van der Waals surface area contributed by atoms with Gasteiger partial charge in [0, 0.05) is 12.6 Å². The smallest absolute Gasteiger partial charge is 0.322 e. The standard InChI is InChI=1S/C19H23FN2O4S/c1-4-14(2)22(19(23)21-18-8-6-5-7-17(18)20)13-15-9-11-16(12-10-15)26-27(3,24)25/h5-12,14H,4,13H2,1-3H3,(H,21,23). The molecule has 1 atom stereocenters. The molecule has 0 spiro atoms. The van der Waals surface area contributed by atoms with Crippen molar-refractivity contribution >= 4 is 21.8 Å². The average molecular weight is 394 g/mol. The number of benzene rings is 2. The van der Waals surface area contributed by atoms with Crippen molar-refractivity contribution in [2.45, 2.75) is 32.9 Å². The Morgan fingerprint density at radius 1 is 1.19 bits per heavy atom. The van der Waals surface area contributed by atoms with Gasteiger partial charge in [0.15, 0.2) is 0 Å². The Morgan fingerprint density at radius 2 is 1.81 bits per heavy atom. The van der Waals surface area contributed by atoms with Crippen LogP contribution in [0.2, 0.25) is 0 Å². The third kappa shape index (κ3) is 6.25. The summed E-state index contributed by atoms with van der Waals surface area (Å²) in [4.78, 5) is 14.3. The van der Waals surface area contributed by atoms with Crippen LogP contribution in [0.4, 0.5) is 14.9 Å². The number of carbonyl (C=O) groups excluding carboxylic acids is 1. The van der Waals surface area contributed by atoms with Gasteiger partial charge in [-0.05, 0) is 43.2 Å². The minimum atomic E-state index is -3.59. The van der Waals surface area contributed by atoms with Crippen LogP contribution in [-0.2, 0) is 16.7 Å². The highest BCUT2D eigenvalue weighted by Crippen LogP contribution is 2.19. The number of amides is 2. The van der Waals surface area contributed by atoms with E-state index in [0.29, 0.717) is 0 Å². The summed E-state index contributed by atoms with van der Waals surface area (Å²) in [6.07, 6.45) is 1.69. The van der Waals surface area contributed by atoms with E-state index in [9.17, 15) is 17.6 Å². The molecular formula is C19H23FN2O4S. The van der Waals surface area contributed by atoms with Crippen molar-refractivity contribution in [3.63, 3.8) is 0 Å². The summed E-state index contributed by atoms with van der Waals surface area (Å²) in [5.41, 5.74) is 0.910. The highest BCUT2D eigenvalue weighted by atomic mass is 32.2. The predicted octanol–water partition coefficient (Wildman–Crippen LogP) is 4.00. The van der Waals surface area contributed by atoms with E-state index in [4.69, 9.17) is 4.18 Å². The molecule has 6 nitrogen and oxygen atoms in total. The van der Waals surface area contributed by atoms with Gasteiger partial charge in [-0.2, -0.15) is 8.42 Å². The number of halogens is 1. The number of nitrogens with one attached hydrogen (secondary N) is 1. The molecule has 0 radical (unpaired) electrons. The zero-order chi connectivity index (χ0) is 20.0. The first-order valence-electron chi connectivity index (χ1n) is 8.50. The van der Waals surface area contributed by atoms with E-state index in [0.717, 1.165) is 18.2 Å². The summed E-state index contributed by atoms with van der Waals surface area (Å²) < 4.78 is 41.0. The molecule has 0 aliphatic heterocycles. The number of carbonyl (C=O) groups is 1. The zero-order valence-corrected chi connectivity index (χ0v) is 16.3. The van der Waals surface area contributed by atoms with Crippen LogP contribution in [0.1, 0.15) is 25.8 Å². The second-order valence-electron chi connectivity index (χ2n) is 6.23. The van der Waals surface area contributed by atoms with Crippen molar-refractivity contribution in [1.82, 2.24) is 4.90 Å². The summed E-state index contributed by atoms with van der Waals surface area (Å²) in [6.45, 7) is 4.15. The molecule has 2 rings (SSSR count). The van der Waals surface area contributed by atoms with E-state index >= 15 is 0 Å². The van der Waals surface area contributed by atoms with Gasteiger partial charge in [-0.1, -0.05) is 31.2 Å². The zero-order valence-electron chi connectivity index (χ0n) is 15.5. The molecule has 0 fully saturated rings. The topological polar surface area (TPSA) is 75.7 Å². The predicted molar refractivity (Wildman–Crippen MR) is 103 cm³/mol. The fraction of sp³-hybridized carbons (Fsp3) is 0.316. The number of hydrogen-bond donors (Lipinski definition) is 1. The molecule has 0 bridgehead atoms. The number of hydrogen-bond acceptors (Lipinski definition) is 4. The maximum absolute atomic E-state index is 13.8. The first kappa shape index (κ1) is 20.7. The average Bonchev–Trinajstić information content (AvgIpc) is 2.61. The van der Waals surface area contributed by atoms with Crippen molar-refractivity contribution in [1.29, 1.82) is 0 Å². The number of urea groups is 1. The molecular weight excluding hydrogens is 371 g/mol. The molecule has 8 heteroatoms. The van der Waals surface area contributed by atoms with Crippen molar-refractivity contribution in [3.8, 4) is 5.75 Å². The number of nitrogens with zero attached hydrogens (tertiary/aromatic N) is 1. The molecule has 0 heterocycles. The SMILES string of the molecule is CCC(C)N(Cc1ccc(OS(C)(=O)=O)cc1)C(=O)Nc1ccccc1F. The Kier molecular flexibility index (Phi) is 6.79. The van der Waals surface area contributed by atoms with Gasteiger partial charge in [0.1, 0.15) is 11.6 Å². The molecule has 2 amide bonds. The van der Waals surface area contributed by atoms with Crippen LogP contribution < -0.4 is 9.50 Å². The van der Waals surface area contributed by atoms with Crippen LogP contribution in [0.15, 0.2) is 48.5 Å². The van der Waals surface area contributed by atoms with Gasteiger partial charge in [-0.25, -0.2) is 9.18 Å². The molecule has 2 aromatic rings. The van der Waals surface area contributed by atoms with E-state index in [1.54, 1.807) is 29.2 Å². The fourth-order valence-electron chi connectivity index (χ4n) is 2.42. The second-order valence-corrected chi connectivity index (χ2v) is 7.80. The van der Waals surface area contributed by atoms with Crippen LogP contribution in [-0.4, -0.2) is 31.6 Å². The lowest BCUT2D eigenvalue weighted by molar-refractivity contribution is 0.187. The Hall–Kier alpha value is -2.61. The molecule has 146 valence electrons. The van der Waals surface area contributed by atoms with Gasteiger partial charge in [-0.15, -0.1) is 0 Å². The number of anilines is 1. The summed E-state index contributed by atoms with van der Waals surface area (Å²) in [7, 11) is -3.59. The molecule has 2 aromatic carbocycles. The quantitative estimate of drug-likeness (QED) is 0.721. The van der Waals surface area contributed by atoms with E-state index in [2.05, 4.69) is 5.32 Å². The van der Waals surface area contributed by atoms with Crippen molar-refractivity contribution < 1.29 is 21.8 Å². The van der Waals surface area contributed by atoms with E-state index < -0.39 is 22.0 Å². The highest BCUT2D eigenvalue weighted by Gasteiger charge is 2.20. The van der Waals surface area contributed by atoms with E-state index in [1.807, 2.05) is 13.8 Å². The van der Waals surface area contributed by atoms with E-state index in [1.165, 1.54) is 24.3 Å². The lowest BCUT2D eigenvalue weighted by atomic mass is 10.1. The van der Waals surface area contributed by atoms with Crippen molar-refractivity contribution in [2.75, 3.05) is 11.6 Å². The summed E-state index contributed by atoms with van der Waals surface area (Å²) in [6, 6.07) is 11.9. The lowest BCUT2D eigenvalue weighted by Crippen LogP contribution is -2.40. The Labute approximate surface area is 159 Å². The third-order valence-corrected chi connectivity index (χ3v) is 4.52. The van der Waals surface area contributed by atoms with Gasteiger partial charge in [0.25, 0.3) is 0 Å². The fourth-order valence-corrected chi connectivity index (χ4v) is 2.88. The highest BCUT2D eigenvalue weighted by molar-refractivity contribution is 7.86. The summed E-state index contributed by atoms with van der Waals surface area (Å²) in [5, 5.41) is 2.60. The number of para-hydroxylation sites is 1.